The second-order valence-electron chi connectivity index (χ2n) is 8.99. The number of benzene rings is 2. The van der Waals surface area contributed by atoms with Crippen LogP contribution in [0.15, 0.2) is 83.2 Å². The molecule has 2 atom stereocenters. The molecule has 0 fully saturated rings. The Morgan fingerprint density at radius 1 is 1.03 bits per heavy atom. The van der Waals surface area contributed by atoms with Crippen LogP contribution in [0.2, 0.25) is 0 Å². The highest BCUT2D eigenvalue weighted by Gasteiger charge is 2.66. The molecule has 178 valence electrons. The highest BCUT2D eigenvalue weighted by Crippen LogP contribution is 2.56. The average Bonchev–Trinajstić information content (AvgIpc) is 3.40. The molecule has 9 heteroatoms. The highest BCUT2D eigenvalue weighted by atomic mass is 19.2. The number of hydrogen-bond donors (Lipinski definition) is 1. The summed E-state index contributed by atoms with van der Waals surface area (Å²) in [4.78, 5) is 12.9. The van der Waals surface area contributed by atoms with Gasteiger partial charge in [-0.1, -0.05) is 18.2 Å². The van der Waals surface area contributed by atoms with Crippen molar-refractivity contribution in [3.05, 3.63) is 95.8 Å². The number of rotatable bonds is 2. The van der Waals surface area contributed by atoms with Crippen molar-refractivity contribution in [1.82, 2.24) is 4.98 Å². The van der Waals surface area contributed by atoms with Gasteiger partial charge in [0.1, 0.15) is 11.5 Å². The summed E-state index contributed by atoms with van der Waals surface area (Å²) in [6.45, 7) is 1.16. The monoisotopic (exact) mass is 484 g/mol. The zero-order chi connectivity index (χ0) is 24.5. The predicted molar refractivity (Wildman–Crippen MR) is 130 cm³/mol. The molecule has 1 spiro atoms. The molecule has 0 aliphatic carbocycles. The third-order valence-electron chi connectivity index (χ3n) is 7.08. The summed E-state index contributed by atoms with van der Waals surface area (Å²) in [5, 5.41) is 0. The van der Waals surface area contributed by atoms with Gasteiger partial charge in [-0.3, -0.25) is 0 Å². The molecule has 7 rings (SSSR count). The lowest BCUT2D eigenvalue weighted by Gasteiger charge is -2.33. The van der Waals surface area contributed by atoms with E-state index in [0.717, 1.165) is 17.6 Å². The summed E-state index contributed by atoms with van der Waals surface area (Å²) in [6.07, 6.45) is 6.83. The molecule has 2 N–H and O–H groups in total. The number of fused-ring (bicyclic) bond motifs is 6. The van der Waals surface area contributed by atoms with Crippen LogP contribution in [-0.4, -0.2) is 34.7 Å². The summed E-state index contributed by atoms with van der Waals surface area (Å²) in [5.41, 5.74) is 8.89. The molecule has 5 heterocycles. The molecule has 0 amide bonds. The van der Waals surface area contributed by atoms with E-state index in [1.807, 2.05) is 24.3 Å². The Labute approximate surface area is 205 Å². The lowest BCUT2D eigenvalue weighted by molar-refractivity contribution is -0.851. The fraction of sp³-hybridized carbons (Fsp3) is 0.148. The van der Waals surface area contributed by atoms with Gasteiger partial charge in [-0.05, 0) is 59.5 Å². The van der Waals surface area contributed by atoms with Crippen molar-refractivity contribution in [3.63, 3.8) is 0 Å². The molecule has 2 aromatic carbocycles. The normalized spacial score (nSPS) is 25.4. The van der Waals surface area contributed by atoms with Gasteiger partial charge in [-0.25, -0.2) is 4.98 Å². The quantitative estimate of drug-likeness (QED) is 0.412. The minimum Gasteiger partial charge on any atom is -0.457 e. The van der Waals surface area contributed by atoms with E-state index in [1.165, 1.54) is 18.6 Å². The Bertz CT molecular complexity index is 1580. The van der Waals surface area contributed by atoms with E-state index in [1.54, 1.807) is 30.3 Å². The van der Waals surface area contributed by atoms with Gasteiger partial charge in [0.2, 0.25) is 11.5 Å². The Morgan fingerprint density at radius 2 is 1.81 bits per heavy atom. The minimum absolute atomic E-state index is 0.0905. The average molecular weight is 484 g/mol. The minimum atomic E-state index is -1.40. The van der Waals surface area contributed by atoms with Crippen LogP contribution in [0.4, 0.5) is 8.87 Å². The van der Waals surface area contributed by atoms with Crippen molar-refractivity contribution in [2.24, 2.45) is 15.7 Å². The van der Waals surface area contributed by atoms with Crippen LogP contribution in [0.5, 0.6) is 11.5 Å². The summed E-state index contributed by atoms with van der Waals surface area (Å²) < 4.78 is 41.2. The fourth-order valence-corrected chi connectivity index (χ4v) is 5.34. The number of guanidine groups is 1. The zero-order valence-corrected chi connectivity index (χ0v) is 19.0. The maximum absolute atomic E-state index is 16.2. The molecular weight excluding hydrogens is 464 g/mol. The third-order valence-corrected chi connectivity index (χ3v) is 7.08. The van der Waals surface area contributed by atoms with Gasteiger partial charge < -0.3 is 15.2 Å². The first-order valence-corrected chi connectivity index (χ1v) is 11.6. The largest absolute Gasteiger partial charge is 0.457 e. The van der Waals surface area contributed by atoms with Gasteiger partial charge in [-0.2, -0.15) is 14.4 Å². The summed E-state index contributed by atoms with van der Waals surface area (Å²) in [7, 11) is 0. The van der Waals surface area contributed by atoms with E-state index >= 15 is 4.48 Å². The van der Waals surface area contributed by atoms with Crippen molar-refractivity contribution >= 4 is 17.4 Å². The fourth-order valence-electron chi connectivity index (χ4n) is 5.34. The standard InChI is InChI=1S/C27H20F2N5O2/c28-24-19(2-1-9-31-24)18-4-6-23-21(15-18)27(25-32-10-11-34(25,29)26(30)33-27)20-14-17(3-5-22(20)36-23)16-7-12-35-13-8-16/h1-7,9-11,14-15H,8,12-13H2,(H2,30,33)/q+1/t27-,34?/m1/s1. The third kappa shape index (κ3) is 2.75. The van der Waals surface area contributed by atoms with Crippen molar-refractivity contribution in [1.29, 1.82) is 0 Å². The number of ether oxygens (including phenoxy) is 2. The predicted octanol–water partition coefficient (Wildman–Crippen LogP) is 4.95. The molecule has 4 aliphatic rings. The molecule has 4 aliphatic heterocycles. The Balaban J connectivity index is 1.50. The smallest absolute Gasteiger partial charge is 0.347 e. The maximum atomic E-state index is 16.2. The summed E-state index contributed by atoms with van der Waals surface area (Å²) in [5.74, 6) is 0.233. The van der Waals surface area contributed by atoms with Crippen LogP contribution in [0.25, 0.3) is 16.7 Å². The topological polar surface area (TPSA) is 82.1 Å². The lowest BCUT2D eigenvalue weighted by Crippen LogP contribution is -2.49. The van der Waals surface area contributed by atoms with Crippen LogP contribution < -0.4 is 10.5 Å². The first-order valence-electron chi connectivity index (χ1n) is 11.6. The van der Waals surface area contributed by atoms with Crippen molar-refractivity contribution in [2.45, 2.75) is 12.0 Å². The van der Waals surface area contributed by atoms with Gasteiger partial charge in [0.25, 0.3) is 5.84 Å². The molecule has 0 bridgehead atoms. The maximum Gasteiger partial charge on any atom is 0.347 e. The van der Waals surface area contributed by atoms with Gasteiger partial charge >= 0.3 is 5.96 Å². The number of quaternary nitrogens is 1. The molecule has 1 aromatic heterocycles. The molecule has 3 aromatic rings. The number of aromatic nitrogens is 1. The number of halogens is 2. The first-order chi connectivity index (χ1) is 17.5. The Morgan fingerprint density at radius 3 is 2.56 bits per heavy atom. The van der Waals surface area contributed by atoms with Crippen LogP contribution in [0.1, 0.15) is 23.1 Å². The molecule has 0 radical (unpaired) electrons. The van der Waals surface area contributed by atoms with Gasteiger partial charge in [-0.15, -0.1) is 0 Å². The second kappa shape index (κ2) is 7.39. The number of nitrogens with zero attached hydrogens (tertiary/aromatic N) is 4. The van der Waals surface area contributed by atoms with Crippen LogP contribution >= 0.6 is 0 Å². The number of pyridine rings is 1. The van der Waals surface area contributed by atoms with Crippen LogP contribution in [0, 0.1) is 5.95 Å². The summed E-state index contributed by atoms with van der Waals surface area (Å²) >= 11 is 0. The zero-order valence-electron chi connectivity index (χ0n) is 19.0. The van der Waals surface area contributed by atoms with E-state index in [-0.39, 0.29) is 11.8 Å². The molecule has 1 unspecified atom stereocenters. The van der Waals surface area contributed by atoms with Gasteiger partial charge in [0.15, 0.2) is 6.20 Å². The van der Waals surface area contributed by atoms with E-state index in [2.05, 4.69) is 9.98 Å². The summed E-state index contributed by atoms with van der Waals surface area (Å²) in [6, 6.07) is 14.3. The molecule has 7 nitrogen and oxygen atoms in total. The number of amidine groups is 1. The highest BCUT2D eigenvalue weighted by molar-refractivity contribution is 6.06. The van der Waals surface area contributed by atoms with Crippen LogP contribution in [0.3, 0.4) is 0 Å². The van der Waals surface area contributed by atoms with Gasteiger partial charge in [0, 0.05) is 32.1 Å². The number of nitrogens with two attached hydrogens (primary N) is 1. The SMILES string of the molecule is NC1=N[C@]2(C3=NC=C[N+]13F)c1cc(C3=CCOCC3)ccc1Oc1ccc(-c3cccnc3F)cc12. The van der Waals surface area contributed by atoms with Gasteiger partial charge in [0.05, 0.1) is 19.4 Å². The van der Waals surface area contributed by atoms with E-state index in [4.69, 9.17) is 20.2 Å². The molecule has 0 saturated heterocycles. The lowest BCUT2D eigenvalue weighted by atomic mass is 9.77. The Kier molecular flexibility index (Phi) is 4.33. The van der Waals surface area contributed by atoms with Crippen molar-refractivity contribution in [3.8, 4) is 22.6 Å². The molecule has 36 heavy (non-hydrogen) atoms. The van der Waals surface area contributed by atoms with E-state index in [9.17, 15) is 4.39 Å². The Hall–Kier alpha value is -4.21. The molecular formula is C27H20F2N5O2+. The van der Waals surface area contributed by atoms with Crippen molar-refractivity contribution in [2.75, 3.05) is 13.2 Å². The van der Waals surface area contributed by atoms with Crippen LogP contribution in [-0.2, 0) is 10.3 Å². The first kappa shape index (κ1) is 21.1. The van der Waals surface area contributed by atoms with E-state index in [0.29, 0.717) is 47.0 Å². The van der Waals surface area contributed by atoms with E-state index < -0.39 is 16.2 Å². The molecule has 0 saturated carbocycles. The second-order valence-corrected chi connectivity index (χ2v) is 8.99. The van der Waals surface area contributed by atoms with Crippen molar-refractivity contribution < 1.29 is 23.1 Å². The number of hydrogen-bond acceptors (Lipinski definition) is 6. The number of aliphatic imine (C=N–C) groups is 2.